The quantitative estimate of drug-likeness (QED) is 0.935. The van der Waals surface area contributed by atoms with E-state index < -0.39 is 0 Å². The molecule has 0 atom stereocenters. The van der Waals surface area contributed by atoms with Gasteiger partial charge in [-0.1, -0.05) is 11.3 Å². The van der Waals surface area contributed by atoms with E-state index in [1.54, 1.807) is 6.20 Å². The molecule has 2 heterocycles. The van der Waals surface area contributed by atoms with Crippen molar-refractivity contribution in [2.45, 2.75) is 32.7 Å². The van der Waals surface area contributed by atoms with Crippen LogP contribution in [0, 0.1) is 5.82 Å². The molecular weight excluding hydrogens is 263 g/mol. The van der Waals surface area contributed by atoms with Gasteiger partial charge >= 0.3 is 0 Å². The van der Waals surface area contributed by atoms with Gasteiger partial charge in [-0.3, -0.25) is 4.98 Å². The van der Waals surface area contributed by atoms with Gasteiger partial charge in [0.1, 0.15) is 15.8 Å². The minimum atomic E-state index is -0.358. The van der Waals surface area contributed by atoms with Crippen molar-refractivity contribution < 1.29 is 4.39 Å². The van der Waals surface area contributed by atoms with Crippen LogP contribution in [-0.2, 0) is 6.42 Å². The highest BCUT2D eigenvalue weighted by Crippen LogP contribution is 2.23. The number of aromatic nitrogens is 3. The normalized spacial score (nSPS) is 11.8. The van der Waals surface area contributed by atoms with E-state index in [9.17, 15) is 4.39 Å². The summed E-state index contributed by atoms with van der Waals surface area (Å²) in [4.78, 5) is 3.82. The molecule has 0 saturated carbocycles. The number of hydrogen-bond acceptors (Lipinski definition) is 5. The Kier molecular flexibility index (Phi) is 4.21. The Morgan fingerprint density at radius 1 is 1.26 bits per heavy atom. The molecule has 0 radical (unpaired) electrons. The molecule has 1 N–H and O–H groups in total. The van der Waals surface area contributed by atoms with Crippen molar-refractivity contribution in [3.8, 4) is 10.6 Å². The van der Waals surface area contributed by atoms with Gasteiger partial charge in [0, 0.05) is 30.3 Å². The second kappa shape index (κ2) is 5.71. The summed E-state index contributed by atoms with van der Waals surface area (Å²) < 4.78 is 13.1. The number of rotatable bonds is 4. The van der Waals surface area contributed by atoms with Crippen LogP contribution in [0.15, 0.2) is 18.5 Å². The molecule has 0 aliphatic rings. The standard InChI is InChI=1S/C13H17FN4S/c1-13(2,3)16-5-4-11-17-18-12(19-11)9-6-10(14)8-15-7-9/h6-8,16H,4-5H2,1-3H3. The maximum atomic E-state index is 13.1. The molecule has 2 aromatic rings. The highest BCUT2D eigenvalue weighted by molar-refractivity contribution is 7.14. The molecule has 0 aliphatic heterocycles. The van der Waals surface area contributed by atoms with Gasteiger partial charge in [-0.15, -0.1) is 10.2 Å². The third kappa shape index (κ3) is 4.33. The lowest BCUT2D eigenvalue weighted by molar-refractivity contribution is 0.429. The van der Waals surface area contributed by atoms with Crippen molar-refractivity contribution in [3.05, 3.63) is 29.3 Å². The Labute approximate surface area is 116 Å². The van der Waals surface area contributed by atoms with Crippen molar-refractivity contribution in [2.75, 3.05) is 6.54 Å². The van der Waals surface area contributed by atoms with Crippen molar-refractivity contribution in [1.82, 2.24) is 20.5 Å². The van der Waals surface area contributed by atoms with E-state index in [1.165, 1.54) is 23.6 Å². The maximum Gasteiger partial charge on any atom is 0.149 e. The lowest BCUT2D eigenvalue weighted by Crippen LogP contribution is -2.37. The van der Waals surface area contributed by atoms with Gasteiger partial charge in [-0.25, -0.2) is 4.39 Å². The van der Waals surface area contributed by atoms with E-state index in [4.69, 9.17) is 0 Å². The molecule has 0 aliphatic carbocycles. The number of hydrogen-bond donors (Lipinski definition) is 1. The average Bonchev–Trinajstić information content (AvgIpc) is 2.76. The summed E-state index contributed by atoms with van der Waals surface area (Å²) in [5.41, 5.74) is 0.771. The van der Waals surface area contributed by atoms with Crippen LogP contribution in [0.5, 0.6) is 0 Å². The predicted molar refractivity (Wildman–Crippen MR) is 74.6 cm³/mol. The van der Waals surface area contributed by atoms with Gasteiger partial charge in [-0.2, -0.15) is 0 Å². The van der Waals surface area contributed by atoms with Crippen LogP contribution in [0.2, 0.25) is 0 Å². The van der Waals surface area contributed by atoms with Crippen LogP contribution in [-0.4, -0.2) is 27.3 Å². The first kappa shape index (κ1) is 14.0. The molecule has 2 rings (SSSR count). The summed E-state index contributed by atoms with van der Waals surface area (Å²) in [5.74, 6) is -0.358. The van der Waals surface area contributed by atoms with Gasteiger partial charge in [0.2, 0.25) is 0 Å². The van der Waals surface area contributed by atoms with E-state index in [0.29, 0.717) is 10.6 Å². The van der Waals surface area contributed by atoms with Crippen molar-refractivity contribution in [2.24, 2.45) is 0 Å². The van der Waals surface area contributed by atoms with E-state index in [0.717, 1.165) is 18.0 Å². The van der Waals surface area contributed by atoms with Gasteiger partial charge in [0.05, 0.1) is 6.20 Å². The number of pyridine rings is 1. The molecule has 0 unspecified atom stereocenters. The fourth-order valence-corrected chi connectivity index (χ4v) is 2.36. The fourth-order valence-electron chi connectivity index (χ4n) is 1.54. The second-order valence-corrected chi connectivity index (χ2v) is 6.38. The lowest BCUT2D eigenvalue weighted by atomic mass is 10.1. The van der Waals surface area contributed by atoms with Crippen LogP contribution < -0.4 is 5.32 Å². The maximum absolute atomic E-state index is 13.1. The van der Waals surface area contributed by atoms with Gasteiger partial charge < -0.3 is 5.32 Å². The Morgan fingerprint density at radius 3 is 2.74 bits per heavy atom. The molecule has 102 valence electrons. The lowest BCUT2D eigenvalue weighted by Gasteiger charge is -2.19. The molecule has 19 heavy (non-hydrogen) atoms. The van der Waals surface area contributed by atoms with Crippen molar-refractivity contribution in [1.29, 1.82) is 0 Å². The molecule has 0 bridgehead atoms. The van der Waals surface area contributed by atoms with E-state index >= 15 is 0 Å². The van der Waals surface area contributed by atoms with Gasteiger partial charge in [-0.05, 0) is 26.8 Å². The summed E-state index contributed by atoms with van der Waals surface area (Å²) in [6.45, 7) is 7.21. The molecule has 0 fully saturated rings. The highest BCUT2D eigenvalue weighted by atomic mass is 32.1. The Morgan fingerprint density at radius 2 is 2.05 bits per heavy atom. The highest BCUT2D eigenvalue weighted by Gasteiger charge is 2.11. The van der Waals surface area contributed by atoms with E-state index in [2.05, 4.69) is 41.3 Å². The van der Waals surface area contributed by atoms with Crippen molar-refractivity contribution >= 4 is 11.3 Å². The third-order valence-corrected chi connectivity index (χ3v) is 3.44. The first-order chi connectivity index (χ1) is 8.94. The number of nitrogens with zero attached hydrogens (tertiary/aromatic N) is 3. The SMILES string of the molecule is CC(C)(C)NCCc1nnc(-c2cncc(F)c2)s1. The fraction of sp³-hybridized carbons (Fsp3) is 0.462. The van der Waals surface area contributed by atoms with E-state index in [-0.39, 0.29) is 11.4 Å². The minimum Gasteiger partial charge on any atom is -0.312 e. The number of halogens is 1. The summed E-state index contributed by atoms with van der Waals surface area (Å²) >= 11 is 1.48. The zero-order valence-electron chi connectivity index (χ0n) is 11.3. The van der Waals surface area contributed by atoms with Crippen molar-refractivity contribution in [3.63, 3.8) is 0 Å². The molecule has 0 saturated heterocycles. The molecule has 6 heteroatoms. The third-order valence-electron chi connectivity index (χ3n) is 2.41. The average molecular weight is 280 g/mol. The summed E-state index contributed by atoms with van der Waals surface area (Å²) in [5, 5.41) is 13.2. The Bertz CT molecular complexity index is 548. The van der Waals surface area contributed by atoms with E-state index in [1.807, 2.05) is 0 Å². The molecule has 2 aromatic heterocycles. The van der Waals surface area contributed by atoms with Crippen LogP contribution in [0.3, 0.4) is 0 Å². The summed E-state index contributed by atoms with van der Waals surface area (Å²) in [6, 6.07) is 1.42. The van der Waals surface area contributed by atoms with Crippen LogP contribution in [0.4, 0.5) is 4.39 Å². The zero-order valence-corrected chi connectivity index (χ0v) is 12.1. The first-order valence-electron chi connectivity index (χ1n) is 6.12. The monoisotopic (exact) mass is 280 g/mol. The van der Waals surface area contributed by atoms with Crippen LogP contribution in [0.25, 0.3) is 10.6 Å². The molecule has 4 nitrogen and oxygen atoms in total. The smallest absolute Gasteiger partial charge is 0.149 e. The van der Waals surface area contributed by atoms with Crippen LogP contribution in [0.1, 0.15) is 25.8 Å². The molecule has 0 spiro atoms. The molecular formula is C13H17FN4S. The Hall–Kier alpha value is -1.40. The van der Waals surface area contributed by atoms with Gasteiger partial charge in [0.15, 0.2) is 0 Å². The molecule has 0 aromatic carbocycles. The summed E-state index contributed by atoms with van der Waals surface area (Å²) in [7, 11) is 0. The Balaban J connectivity index is 1.99. The zero-order chi connectivity index (χ0) is 13.9. The van der Waals surface area contributed by atoms with Gasteiger partial charge in [0.25, 0.3) is 0 Å². The largest absolute Gasteiger partial charge is 0.312 e. The predicted octanol–water partition coefficient (Wildman–Crippen LogP) is 2.67. The second-order valence-electron chi connectivity index (χ2n) is 5.32. The minimum absolute atomic E-state index is 0.0972. The summed E-state index contributed by atoms with van der Waals surface area (Å²) in [6.07, 6.45) is 3.59. The topological polar surface area (TPSA) is 50.7 Å². The molecule has 0 amide bonds. The van der Waals surface area contributed by atoms with Crippen LogP contribution >= 0.6 is 11.3 Å². The number of nitrogens with one attached hydrogen (secondary N) is 1. The first-order valence-corrected chi connectivity index (χ1v) is 6.94.